The van der Waals surface area contributed by atoms with Crippen molar-refractivity contribution in [1.82, 2.24) is 30.1 Å². The standard InChI is InChI=1S/C26H20BrClN6O3S/c27-20-8-7-19(28)12-22(20)34-13-21(29-32-34)23-14-33(9-10-36-23)24(35)15-38-26-31-30-25(37-26)18-6-5-16-3-1-2-4-17(16)11-18/h1-8,11-13,23H,9-10,14-15H2. The maximum atomic E-state index is 13.0. The summed E-state index contributed by atoms with van der Waals surface area (Å²) in [6, 6.07) is 19.5. The number of ether oxygens (including phenoxy) is 1. The minimum atomic E-state index is -0.382. The van der Waals surface area contributed by atoms with E-state index in [1.54, 1.807) is 27.9 Å². The van der Waals surface area contributed by atoms with Gasteiger partial charge >= 0.3 is 0 Å². The molecule has 192 valence electrons. The Morgan fingerprint density at radius 2 is 1.95 bits per heavy atom. The van der Waals surface area contributed by atoms with Crippen LogP contribution in [0.2, 0.25) is 5.02 Å². The van der Waals surface area contributed by atoms with Crippen LogP contribution in [0.1, 0.15) is 11.8 Å². The second-order valence-corrected chi connectivity index (χ2v) is 10.8. The van der Waals surface area contributed by atoms with Gasteiger partial charge in [-0.05, 0) is 57.0 Å². The summed E-state index contributed by atoms with van der Waals surface area (Å²) in [5.41, 5.74) is 2.24. The molecule has 2 aromatic heterocycles. The number of halogens is 2. The first-order valence-electron chi connectivity index (χ1n) is 11.8. The molecule has 5 aromatic rings. The number of hydrogen-bond donors (Lipinski definition) is 0. The molecule has 3 heterocycles. The van der Waals surface area contributed by atoms with E-state index in [-0.39, 0.29) is 17.8 Å². The van der Waals surface area contributed by atoms with Crippen LogP contribution in [0.4, 0.5) is 0 Å². The van der Waals surface area contributed by atoms with Gasteiger partial charge in [-0.15, -0.1) is 15.3 Å². The molecule has 9 nitrogen and oxygen atoms in total. The van der Waals surface area contributed by atoms with Crippen LogP contribution in [-0.2, 0) is 9.53 Å². The highest BCUT2D eigenvalue weighted by Gasteiger charge is 2.28. The number of rotatable bonds is 6. The Kier molecular flexibility index (Phi) is 7.16. The van der Waals surface area contributed by atoms with Gasteiger partial charge in [-0.3, -0.25) is 4.79 Å². The number of carbonyl (C=O) groups excluding carboxylic acids is 1. The minimum absolute atomic E-state index is 0.0428. The maximum absolute atomic E-state index is 13.0. The maximum Gasteiger partial charge on any atom is 0.277 e. The largest absolute Gasteiger partial charge is 0.411 e. The molecule has 0 saturated carbocycles. The van der Waals surface area contributed by atoms with Crippen molar-refractivity contribution in [3.05, 3.63) is 82.0 Å². The first-order valence-corrected chi connectivity index (χ1v) is 13.9. The second-order valence-electron chi connectivity index (χ2n) is 8.61. The zero-order chi connectivity index (χ0) is 26.1. The van der Waals surface area contributed by atoms with E-state index in [0.29, 0.717) is 41.5 Å². The van der Waals surface area contributed by atoms with E-state index in [2.05, 4.69) is 42.5 Å². The Labute approximate surface area is 235 Å². The lowest BCUT2D eigenvalue weighted by Crippen LogP contribution is -2.43. The van der Waals surface area contributed by atoms with Crippen molar-refractivity contribution in [2.45, 2.75) is 11.3 Å². The van der Waals surface area contributed by atoms with E-state index in [9.17, 15) is 4.79 Å². The molecule has 1 atom stereocenters. The zero-order valence-electron chi connectivity index (χ0n) is 19.8. The van der Waals surface area contributed by atoms with Crippen molar-refractivity contribution in [2.75, 3.05) is 25.4 Å². The van der Waals surface area contributed by atoms with E-state index in [0.717, 1.165) is 26.5 Å². The average Bonchev–Trinajstić information content (AvgIpc) is 3.63. The summed E-state index contributed by atoms with van der Waals surface area (Å²) in [6.07, 6.45) is 1.41. The predicted molar refractivity (Wildman–Crippen MR) is 147 cm³/mol. The van der Waals surface area contributed by atoms with Crippen molar-refractivity contribution in [3.8, 4) is 17.1 Å². The van der Waals surface area contributed by atoms with Crippen LogP contribution in [0.5, 0.6) is 0 Å². The Morgan fingerprint density at radius 3 is 2.84 bits per heavy atom. The van der Waals surface area contributed by atoms with E-state index in [4.69, 9.17) is 20.8 Å². The van der Waals surface area contributed by atoms with Gasteiger partial charge in [-0.25, -0.2) is 4.68 Å². The highest BCUT2D eigenvalue weighted by molar-refractivity contribution is 9.10. The smallest absolute Gasteiger partial charge is 0.277 e. The molecule has 0 aliphatic carbocycles. The number of morpholine rings is 1. The Bertz CT molecular complexity index is 1630. The molecule has 1 aliphatic heterocycles. The number of aromatic nitrogens is 5. The molecule has 12 heteroatoms. The summed E-state index contributed by atoms with van der Waals surface area (Å²) in [5, 5.41) is 19.9. The molecule has 0 bridgehead atoms. The zero-order valence-corrected chi connectivity index (χ0v) is 23.0. The van der Waals surface area contributed by atoms with E-state index < -0.39 is 0 Å². The third-order valence-electron chi connectivity index (χ3n) is 6.14. The lowest BCUT2D eigenvalue weighted by Gasteiger charge is -2.31. The van der Waals surface area contributed by atoms with E-state index in [1.165, 1.54) is 11.8 Å². The molecule has 1 saturated heterocycles. The first-order chi connectivity index (χ1) is 18.5. The van der Waals surface area contributed by atoms with Gasteiger partial charge in [-0.1, -0.05) is 58.9 Å². The lowest BCUT2D eigenvalue weighted by molar-refractivity contribution is -0.136. The summed E-state index contributed by atoms with van der Waals surface area (Å²) in [7, 11) is 0. The Balaban J connectivity index is 1.08. The van der Waals surface area contributed by atoms with Gasteiger partial charge in [0.15, 0.2) is 0 Å². The van der Waals surface area contributed by atoms with Crippen molar-refractivity contribution < 1.29 is 13.9 Å². The average molecular weight is 612 g/mol. The number of benzene rings is 3. The van der Waals surface area contributed by atoms with E-state index in [1.807, 2.05) is 42.5 Å². The molecular formula is C26H20BrClN6O3S. The summed E-state index contributed by atoms with van der Waals surface area (Å²) < 4.78 is 14.2. The molecule has 38 heavy (non-hydrogen) atoms. The fourth-order valence-corrected chi connectivity index (χ4v) is 5.44. The quantitative estimate of drug-likeness (QED) is 0.230. The molecule has 1 aliphatic rings. The SMILES string of the molecule is O=C(CSc1nnc(-c2ccc3ccccc3c2)o1)N1CCOC(c2cn(-c3cc(Cl)ccc3Br)nn2)C1. The van der Waals surface area contributed by atoms with Gasteiger partial charge in [0, 0.05) is 21.6 Å². The Morgan fingerprint density at radius 1 is 1.08 bits per heavy atom. The highest BCUT2D eigenvalue weighted by atomic mass is 79.9. The van der Waals surface area contributed by atoms with Crippen LogP contribution in [0.3, 0.4) is 0 Å². The molecule has 6 rings (SSSR count). The third-order valence-corrected chi connectivity index (χ3v) is 7.85. The summed E-state index contributed by atoms with van der Waals surface area (Å²) in [5.74, 6) is 0.555. The number of fused-ring (bicyclic) bond motifs is 1. The molecule has 1 amide bonds. The molecule has 1 fully saturated rings. The van der Waals surface area contributed by atoms with Gasteiger partial charge in [0.2, 0.25) is 11.8 Å². The van der Waals surface area contributed by atoms with Crippen LogP contribution < -0.4 is 0 Å². The van der Waals surface area contributed by atoms with Crippen molar-refractivity contribution >= 4 is 56.0 Å². The minimum Gasteiger partial charge on any atom is -0.411 e. The molecule has 0 spiro atoms. The van der Waals surface area contributed by atoms with Gasteiger partial charge in [0.1, 0.15) is 11.8 Å². The monoisotopic (exact) mass is 610 g/mol. The van der Waals surface area contributed by atoms with Crippen LogP contribution in [0, 0.1) is 0 Å². The number of nitrogens with zero attached hydrogens (tertiary/aromatic N) is 6. The number of thioether (sulfide) groups is 1. The van der Waals surface area contributed by atoms with Crippen LogP contribution in [-0.4, -0.2) is 61.4 Å². The molecule has 3 aromatic carbocycles. The first kappa shape index (κ1) is 25.1. The van der Waals surface area contributed by atoms with Gasteiger partial charge in [0.25, 0.3) is 5.22 Å². The van der Waals surface area contributed by atoms with Gasteiger partial charge < -0.3 is 14.1 Å². The fraction of sp³-hybridized carbons (Fsp3) is 0.192. The van der Waals surface area contributed by atoms with Gasteiger partial charge in [-0.2, -0.15) is 0 Å². The van der Waals surface area contributed by atoms with Crippen molar-refractivity contribution in [1.29, 1.82) is 0 Å². The normalized spacial score (nSPS) is 15.7. The summed E-state index contributed by atoms with van der Waals surface area (Å²) in [4.78, 5) is 14.7. The predicted octanol–water partition coefficient (Wildman–Crippen LogP) is 5.58. The molecule has 0 N–H and O–H groups in total. The summed E-state index contributed by atoms with van der Waals surface area (Å²) in [6.45, 7) is 1.28. The van der Waals surface area contributed by atoms with Crippen molar-refractivity contribution in [2.24, 2.45) is 0 Å². The second kappa shape index (κ2) is 10.9. The highest BCUT2D eigenvalue weighted by Crippen LogP contribution is 2.28. The topological polar surface area (TPSA) is 99.2 Å². The molecule has 1 unspecified atom stereocenters. The number of hydrogen-bond acceptors (Lipinski definition) is 8. The van der Waals surface area contributed by atoms with Crippen molar-refractivity contribution in [3.63, 3.8) is 0 Å². The number of carbonyl (C=O) groups is 1. The van der Waals surface area contributed by atoms with Crippen LogP contribution >= 0.6 is 39.3 Å². The molecule has 0 radical (unpaired) electrons. The lowest BCUT2D eigenvalue weighted by atomic mass is 10.1. The van der Waals surface area contributed by atoms with Crippen LogP contribution in [0.25, 0.3) is 27.9 Å². The molecular weight excluding hydrogens is 592 g/mol. The van der Waals surface area contributed by atoms with Crippen LogP contribution in [0.15, 0.2) is 81.0 Å². The summed E-state index contributed by atoms with van der Waals surface area (Å²) >= 11 is 10.9. The number of amides is 1. The Hall–Kier alpha value is -3.25. The van der Waals surface area contributed by atoms with Gasteiger partial charge in [0.05, 0.1) is 30.8 Å². The fourth-order valence-electron chi connectivity index (χ4n) is 4.18. The third kappa shape index (κ3) is 5.32. The van der Waals surface area contributed by atoms with E-state index >= 15 is 0 Å².